The summed E-state index contributed by atoms with van der Waals surface area (Å²) in [4.78, 5) is 0. The molecular formula is C7H15NO3. The highest BCUT2D eigenvalue weighted by Gasteiger charge is 2.15. The summed E-state index contributed by atoms with van der Waals surface area (Å²) in [7, 11) is 0. The summed E-state index contributed by atoms with van der Waals surface area (Å²) in [6.07, 6.45) is 0.382. The molecule has 0 aliphatic carbocycles. The summed E-state index contributed by atoms with van der Waals surface area (Å²) in [5, 5.41) is 11.5. The Morgan fingerprint density at radius 2 is 2.09 bits per heavy atom. The minimum absolute atomic E-state index is 0.0883. The smallest absolute Gasteiger partial charge is 0.0824 e. The molecule has 0 atom stereocenters. The van der Waals surface area contributed by atoms with Crippen LogP contribution in [0.5, 0.6) is 0 Å². The Kier molecular flexibility index (Phi) is 4.45. The highest BCUT2D eigenvalue weighted by Crippen LogP contribution is 1.96. The Labute approximate surface area is 66.5 Å². The Balaban J connectivity index is 1.73. The molecule has 0 aromatic heterocycles. The number of aliphatic hydroxyl groups is 1. The van der Waals surface area contributed by atoms with E-state index in [0.717, 1.165) is 13.1 Å². The van der Waals surface area contributed by atoms with Crippen molar-refractivity contribution in [2.24, 2.45) is 0 Å². The molecule has 4 heteroatoms. The first-order valence-electron chi connectivity index (χ1n) is 3.94. The van der Waals surface area contributed by atoms with E-state index in [0.29, 0.717) is 25.9 Å². The zero-order valence-corrected chi connectivity index (χ0v) is 6.58. The van der Waals surface area contributed by atoms with Crippen LogP contribution in [0, 0.1) is 0 Å². The second kappa shape index (κ2) is 5.49. The molecule has 0 bridgehead atoms. The van der Waals surface area contributed by atoms with E-state index in [4.69, 9.17) is 14.6 Å². The normalized spacial score (nSPS) is 18.3. The van der Waals surface area contributed by atoms with Crippen LogP contribution in [0.2, 0.25) is 0 Å². The van der Waals surface area contributed by atoms with Crippen molar-refractivity contribution in [3.8, 4) is 0 Å². The summed E-state index contributed by atoms with van der Waals surface area (Å²) in [6, 6.07) is 0. The van der Waals surface area contributed by atoms with Crippen molar-refractivity contribution in [1.29, 1.82) is 0 Å². The molecule has 0 saturated carbocycles. The molecule has 1 fully saturated rings. The van der Waals surface area contributed by atoms with Crippen LogP contribution in [0.1, 0.15) is 0 Å². The molecule has 1 saturated heterocycles. The highest BCUT2D eigenvalue weighted by molar-refractivity contribution is 4.74. The predicted octanol–water partition coefficient (Wildman–Crippen LogP) is -1.02. The van der Waals surface area contributed by atoms with E-state index < -0.39 is 0 Å². The van der Waals surface area contributed by atoms with Crippen LogP contribution >= 0.6 is 0 Å². The van der Waals surface area contributed by atoms with Crippen LogP contribution in [0.4, 0.5) is 0 Å². The SMILES string of the molecule is OCCOCCOC1CNC1. The van der Waals surface area contributed by atoms with E-state index in [1.54, 1.807) is 0 Å². The molecular weight excluding hydrogens is 146 g/mol. The number of rotatable bonds is 6. The van der Waals surface area contributed by atoms with Crippen LogP contribution in [0.15, 0.2) is 0 Å². The van der Waals surface area contributed by atoms with E-state index in [1.807, 2.05) is 0 Å². The molecule has 1 aliphatic rings. The molecule has 0 unspecified atom stereocenters. The fourth-order valence-electron chi connectivity index (χ4n) is 0.820. The molecule has 0 aromatic rings. The number of nitrogens with one attached hydrogen (secondary N) is 1. The van der Waals surface area contributed by atoms with Gasteiger partial charge in [0, 0.05) is 13.1 Å². The zero-order valence-electron chi connectivity index (χ0n) is 6.58. The van der Waals surface area contributed by atoms with E-state index in [9.17, 15) is 0 Å². The molecule has 0 spiro atoms. The predicted molar refractivity (Wildman–Crippen MR) is 40.5 cm³/mol. The molecule has 11 heavy (non-hydrogen) atoms. The number of hydrogen-bond donors (Lipinski definition) is 2. The fraction of sp³-hybridized carbons (Fsp3) is 1.00. The van der Waals surface area contributed by atoms with Gasteiger partial charge in [0.25, 0.3) is 0 Å². The highest BCUT2D eigenvalue weighted by atomic mass is 16.5. The second-order valence-corrected chi connectivity index (χ2v) is 2.49. The minimum Gasteiger partial charge on any atom is -0.394 e. The van der Waals surface area contributed by atoms with Crippen LogP contribution in [0.25, 0.3) is 0 Å². The van der Waals surface area contributed by atoms with Crippen LogP contribution in [-0.4, -0.2) is 50.7 Å². The van der Waals surface area contributed by atoms with Gasteiger partial charge in [-0.1, -0.05) is 0 Å². The van der Waals surface area contributed by atoms with Crippen molar-refractivity contribution in [3.05, 3.63) is 0 Å². The summed E-state index contributed by atoms with van der Waals surface area (Å²) < 4.78 is 10.4. The monoisotopic (exact) mass is 161 g/mol. The lowest BCUT2D eigenvalue weighted by atomic mass is 10.2. The Morgan fingerprint density at radius 3 is 2.64 bits per heavy atom. The first-order valence-corrected chi connectivity index (χ1v) is 3.94. The largest absolute Gasteiger partial charge is 0.394 e. The Morgan fingerprint density at radius 1 is 1.27 bits per heavy atom. The zero-order chi connectivity index (χ0) is 7.94. The first-order chi connectivity index (χ1) is 5.43. The molecule has 1 heterocycles. The van der Waals surface area contributed by atoms with Crippen molar-refractivity contribution in [3.63, 3.8) is 0 Å². The Bertz CT molecular complexity index is 95.7. The second-order valence-electron chi connectivity index (χ2n) is 2.49. The van der Waals surface area contributed by atoms with Gasteiger partial charge in [-0.3, -0.25) is 0 Å². The van der Waals surface area contributed by atoms with Gasteiger partial charge in [0.1, 0.15) is 0 Å². The van der Waals surface area contributed by atoms with Gasteiger partial charge >= 0.3 is 0 Å². The standard InChI is InChI=1S/C7H15NO3/c9-1-2-10-3-4-11-7-5-8-6-7/h7-9H,1-6H2. The van der Waals surface area contributed by atoms with E-state index in [1.165, 1.54) is 0 Å². The maximum atomic E-state index is 8.36. The third kappa shape index (κ3) is 3.67. The van der Waals surface area contributed by atoms with Gasteiger partial charge < -0.3 is 19.9 Å². The summed E-state index contributed by atoms with van der Waals surface area (Å²) >= 11 is 0. The quantitative estimate of drug-likeness (QED) is 0.490. The van der Waals surface area contributed by atoms with Gasteiger partial charge in [-0.05, 0) is 0 Å². The third-order valence-electron chi connectivity index (χ3n) is 1.56. The average Bonchev–Trinajstić information content (AvgIpc) is 1.93. The van der Waals surface area contributed by atoms with Crippen molar-refractivity contribution >= 4 is 0 Å². The van der Waals surface area contributed by atoms with Gasteiger partial charge in [0.2, 0.25) is 0 Å². The van der Waals surface area contributed by atoms with Gasteiger partial charge in [-0.15, -0.1) is 0 Å². The van der Waals surface area contributed by atoms with Crippen molar-refractivity contribution in [2.75, 3.05) is 39.5 Å². The molecule has 4 nitrogen and oxygen atoms in total. The van der Waals surface area contributed by atoms with E-state index in [-0.39, 0.29) is 6.61 Å². The fourth-order valence-corrected chi connectivity index (χ4v) is 0.820. The van der Waals surface area contributed by atoms with Crippen LogP contribution in [0.3, 0.4) is 0 Å². The van der Waals surface area contributed by atoms with Gasteiger partial charge in [0.05, 0.1) is 32.5 Å². The van der Waals surface area contributed by atoms with E-state index >= 15 is 0 Å². The summed E-state index contributed by atoms with van der Waals surface area (Å²) in [5.41, 5.74) is 0. The van der Waals surface area contributed by atoms with Crippen LogP contribution < -0.4 is 5.32 Å². The van der Waals surface area contributed by atoms with E-state index in [2.05, 4.69) is 5.32 Å². The molecule has 1 rings (SSSR count). The summed E-state index contributed by atoms with van der Waals surface area (Å²) in [6.45, 7) is 3.63. The van der Waals surface area contributed by atoms with Crippen molar-refractivity contribution in [2.45, 2.75) is 6.10 Å². The lowest BCUT2D eigenvalue weighted by molar-refractivity contribution is -0.0213. The maximum Gasteiger partial charge on any atom is 0.0824 e. The topological polar surface area (TPSA) is 50.7 Å². The summed E-state index contributed by atoms with van der Waals surface area (Å²) in [5.74, 6) is 0. The number of hydrogen-bond acceptors (Lipinski definition) is 4. The van der Waals surface area contributed by atoms with Crippen LogP contribution in [-0.2, 0) is 9.47 Å². The molecule has 66 valence electrons. The lowest BCUT2D eigenvalue weighted by Gasteiger charge is -2.26. The third-order valence-corrected chi connectivity index (χ3v) is 1.56. The van der Waals surface area contributed by atoms with Gasteiger partial charge in [-0.25, -0.2) is 0 Å². The van der Waals surface area contributed by atoms with Crippen molar-refractivity contribution in [1.82, 2.24) is 5.32 Å². The maximum absolute atomic E-state index is 8.36. The molecule has 0 aromatic carbocycles. The lowest BCUT2D eigenvalue weighted by Crippen LogP contribution is -2.48. The molecule has 2 N–H and O–H groups in total. The van der Waals surface area contributed by atoms with Gasteiger partial charge in [0.15, 0.2) is 0 Å². The Hall–Kier alpha value is -0.160. The van der Waals surface area contributed by atoms with Crippen molar-refractivity contribution < 1.29 is 14.6 Å². The molecule has 0 radical (unpaired) electrons. The number of ether oxygens (including phenoxy) is 2. The average molecular weight is 161 g/mol. The minimum atomic E-state index is 0.0883. The molecule has 0 amide bonds. The first kappa shape index (κ1) is 8.93. The molecule has 1 aliphatic heterocycles. The van der Waals surface area contributed by atoms with Gasteiger partial charge in [-0.2, -0.15) is 0 Å². The number of aliphatic hydroxyl groups excluding tert-OH is 1.